The van der Waals surface area contributed by atoms with E-state index in [0.717, 1.165) is 39.1 Å². The number of ether oxygens (including phenoxy) is 1. The zero-order valence-corrected chi connectivity index (χ0v) is 10.7. The highest BCUT2D eigenvalue weighted by atomic mass is 19.1. The summed E-state index contributed by atoms with van der Waals surface area (Å²) in [4.78, 5) is 2.43. The van der Waals surface area contributed by atoms with Gasteiger partial charge in [0.05, 0.1) is 6.61 Å². The van der Waals surface area contributed by atoms with Crippen LogP contribution >= 0.6 is 0 Å². The van der Waals surface area contributed by atoms with E-state index in [1.807, 2.05) is 6.07 Å². The predicted molar refractivity (Wildman–Crippen MR) is 70.0 cm³/mol. The van der Waals surface area contributed by atoms with E-state index in [1.54, 1.807) is 12.1 Å². The first-order chi connectivity index (χ1) is 8.86. The lowest BCUT2D eigenvalue weighted by molar-refractivity contribution is 0.104. The maximum absolute atomic E-state index is 13.3. The second kappa shape index (κ2) is 7.46. The molecule has 1 aliphatic heterocycles. The summed E-state index contributed by atoms with van der Waals surface area (Å²) in [7, 11) is 0. The minimum Gasteiger partial charge on any atom is -0.377 e. The fourth-order valence-electron chi connectivity index (χ4n) is 2.12. The van der Waals surface area contributed by atoms with Crippen molar-refractivity contribution in [3.05, 3.63) is 35.6 Å². The summed E-state index contributed by atoms with van der Waals surface area (Å²) in [5, 5.41) is 3.33. The van der Waals surface area contributed by atoms with Crippen LogP contribution in [-0.4, -0.2) is 44.2 Å². The van der Waals surface area contributed by atoms with Crippen LogP contribution in [0.4, 0.5) is 4.39 Å². The Morgan fingerprint density at radius 3 is 2.78 bits per heavy atom. The van der Waals surface area contributed by atoms with Gasteiger partial charge < -0.3 is 15.0 Å². The summed E-state index contributed by atoms with van der Waals surface area (Å²) in [5.74, 6) is -0.181. The van der Waals surface area contributed by atoms with Gasteiger partial charge in [0.15, 0.2) is 0 Å². The molecule has 1 aliphatic rings. The third kappa shape index (κ3) is 4.37. The normalized spacial score (nSPS) is 16.9. The number of nitrogens with one attached hydrogen (secondary N) is 1. The van der Waals surface area contributed by atoms with Crippen molar-refractivity contribution in [2.45, 2.75) is 13.0 Å². The molecule has 0 aliphatic carbocycles. The van der Waals surface area contributed by atoms with Crippen molar-refractivity contribution in [2.75, 3.05) is 39.3 Å². The van der Waals surface area contributed by atoms with Gasteiger partial charge in [-0.1, -0.05) is 18.2 Å². The molecule has 0 atom stereocenters. The van der Waals surface area contributed by atoms with Gasteiger partial charge in [0.2, 0.25) is 0 Å². The number of halogens is 1. The molecule has 0 bridgehead atoms. The molecule has 0 amide bonds. The third-order valence-corrected chi connectivity index (χ3v) is 3.19. The Balaban J connectivity index is 1.57. The zero-order valence-electron chi connectivity index (χ0n) is 10.7. The molecule has 1 saturated heterocycles. The van der Waals surface area contributed by atoms with Crippen molar-refractivity contribution in [1.29, 1.82) is 0 Å². The lowest BCUT2D eigenvalue weighted by atomic mass is 10.2. The van der Waals surface area contributed by atoms with Gasteiger partial charge in [-0.15, -0.1) is 0 Å². The Morgan fingerprint density at radius 1 is 1.22 bits per heavy atom. The van der Waals surface area contributed by atoms with Crippen molar-refractivity contribution in [2.24, 2.45) is 0 Å². The molecule has 1 aromatic rings. The summed E-state index contributed by atoms with van der Waals surface area (Å²) in [5.41, 5.74) is 0.639. The van der Waals surface area contributed by atoms with Crippen LogP contribution in [0.3, 0.4) is 0 Å². The van der Waals surface area contributed by atoms with Crippen LogP contribution in [0.5, 0.6) is 0 Å². The molecule has 0 aromatic heterocycles. The predicted octanol–water partition coefficient (Wildman–Crippen LogP) is 1.64. The van der Waals surface area contributed by atoms with Gasteiger partial charge in [-0.3, -0.25) is 0 Å². The molecule has 18 heavy (non-hydrogen) atoms. The monoisotopic (exact) mass is 252 g/mol. The Labute approximate surface area is 108 Å². The summed E-state index contributed by atoms with van der Waals surface area (Å²) >= 11 is 0. The largest absolute Gasteiger partial charge is 0.377 e. The molecule has 100 valence electrons. The number of benzene rings is 1. The average Bonchev–Trinajstić information content (AvgIpc) is 2.42. The van der Waals surface area contributed by atoms with Crippen LogP contribution in [0.25, 0.3) is 0 Å². The first-order valence-electron chi connectivity index (χ1n) is 6.60. The molecule has 0 radical (unpaired) electrons. The molecule has 1 aromatic carbocycles. The van der Waals surface area contributed by atoms with Gasteiger partial charge in [-0.25, -0.2) is 4.39 Å². The highest BCUT2D eigenvalue weighted by Gasteiger charge is 2.08. The molecular weight excluding hydrogens is 231 g/mol. The van der Waals surface area contributed by atoms with Crippen LogP contribution < -0.4 is 5.32 Å². The molecule has 1 fully saturated rings. The van der Waals surface area contributed by atoms with Gasteiger partial charge in [0.1, 0.15) is 5.82 Å². The van der Waals surface area contributed by atoms with Crippen molar-refractivity contribution >= 4 is 0 Å². The Kier molecular flexibility index (Phi) is 5.58. The topological polar surface area (TPSA) is 24.5 Å². The fourth-order valence-corrected chi connectivity index (χ4v) is 2.12. The van der Waals surface area contributed by atoms with Gasteiger partial charge in [0.25, 0.3) is 0 Å². The van der Waals surface area contributed by atoms with E-state index in [0.29, 0.717) is 18.8 Å². The Morgan fingerprint density at radius 2 is 2.00 bits per heavy atom. The van der Waals surface area contributed by atoms with E-state index in [4.69, 9.17) is 4.74 Å². The molecule has 2 rings (SSSR count). The first kappa shape index (κ1) is 13.5. The molecule has 4 heteroatoms. The van der Waals surface area contributed by atoms with E-state index in [2.05, 4.69) is 10.2 Å². The van der Waals surface area contributed by atoms with Crippen molar-refractivity contribution in [3.63, 3.8) is 0 Å². The summed E-state index contributed by atoms with van der Waals surface area (Å²) in [6.45, 7) is 6.53. The van der Waals surface area contributed by atoms with Crippen LogP contribution in [0.1, 0.15) is 12.0 Å². The van der Waals surface area contributed by atoms with Crippen LogP contribution in [-0.2, 0) is 11.3 Å². The maximum atomic E-state index is 13.3. The van der Waals surface area contributed by atoms with Crippen molar-refractivity contribution < 1.29 is 9.13 Å². The molecule has 3 nitrogen and oxygen atoms in total. The number of hydrogen-bond donors (Lipinski definition) is 1. The highest BCUT2D eigenvalue weighted by Crippen LogP contribution is 2.07. The van der Waals surface area contributed by atoms with E-state index in [9.17, 15) is 4.39 Å². The second-order valence-corrected chi connectivity index (χ2v) is 4.59. The summed E-state index contributed by atoms with van der Waals surface area (Å²) in [6, 6.07) is 6.77. The SMILES string of the molecule is Fc1ccccc1COCCCN1CCNCC1. The van der Waals surface area contributed by atoms with Crippen LogP contribution in [0, 0.1) is 5.82 Å². The van der Waals surface area contributed by atoms with Crippen molar-refractivity contribution in [1.82, 2.24) is 10.2 Å². The lowest BCUT2D eigenvalue weighted by Crippen LogP contribution is -2.43. The molecule has 1 heterocycles. The van der Waals surface area contributed by atoms with Crippen LogP contribution in [0.15, 0.2) is 24.3 Å². The lowest BCUT2D eigenvalue weighted by Gasteiger charge is -2.26. The maximum Gasteiger partial charge on any atom is 0.128 e. The molecule has 0 unspecified atom stereocenters. The van der Waals surface area contributed by atoms with Crippen LogP contribution in [0.2, 0.25) is 0 Å². The van der Waals surface area contributed by atoms with Gasteiger partial charge in [0, 0.05) is 44.9 Å². The fraction of sp³-hybridized carbons (Fsp3) is 0.571. The smallest absolute Gasteiger partial charge is 0.128 e. The average molecular weight is 252 g/mol. The highest BCUT2D eigenvalue weighted by molar-refractivity contribution is 5.16. The van der Waals surface area contributed by atoms with Gasteiger partial charge >= 0.3 is 0 Å². The second-order valence-electron chi connectivity index (χ2n) is 4.59. The van der Waals surface area contributed by atoms with E-state index < -0.39 is 0 Å². The summed E-state index contributed by atoms with van der Waals surface area (Å²) in [6.07, 6.45) is 1.01. The Hall–Kier alpha value is -0.970. The molecule has 0 saturated carbocycles. The zero-order chi connectivity index (χ0) is 12.6. The number of hydrogen-bond acceptors (Lipinski definition) is 3. The number of rotatable bonds is 6. The van der Waals surface area contributed by atoms with Gasteiger partial charge in [-0.05, 0) is 12.5 Å². The van der Waals surface area contributed by atoms with E-state index >= 15 is 0 Å². The molecular formula is C14H21FN2O. The first-order valence-corrected chi connectivity index (χ1v) is 6.60. The standard InChI is InChI=1S/C14H21FN2O/c15-14-5-2-1-4-13(14)12-18-11-3-8-17-9-6-16-7-10-17/h1-2,4-5,16H,3,6-12H2. The van der Waals surface area contributed by atoms with E-state index in [1.165, 1.54) is 6.07 Å². The number of nitrogens with zero attached hydrogens (tertiary/aromatic N) is 1. The van der Waals surface area contributed by atoms with Crippen molar-refractivity contribution in [3.8, 4) is 0 Å². The molecule has 1 N–H and O–H groups in total. The summed E-state index contributed by atoms with van der Waals surface area (Å²) < 4.78 is 18.8. The Bertz CT molecular complexity index is 353. The third-order valence-electron chi connectivity index (χ3n) is 3.19. The quantitative estimate of drug-likeness (QED) is 0.779. The minimum absolute atomic E-state index is 0.181. The number of piperazine rings is 1. The molecule has 0 spiro atoms. The minimum atomic E-state index is -0.181. The van der Waals surface area contributed by atoms with Gasteiger partial charge in [-0.2, -0.15) is 0 Å². The van der Waals surface area contributed by atoms with E-state index in [-0.39, 0.29) is 5.82 Å².